The molecule has 9 nitrogen and oxygen atoms in total. The molecule has 0 saturated heterocycles. The minimum absolute atomic E-state index is 0.0589. The Hall–Kier alpha value is -3.18. The number of nitrogens with one attached hydrogen (secondary N) is 3. The molecule has 1 aliphatic carbocycles. The number of carboxylic acids is 1. The van der Waals surface area contributed by atoms with E-state index in [1.807, 2.05) is 0 Å². The molecule has 4 N–H and O–H groups in total. The van der Waals surface area contributed by atoms with E-state index in [9.17, 15) is 14.4 Å². The fourth-order valence-electron chi connectivity index (χ4n) is 3.61. The number of aromatic amines is 1. The van der Waals surface area contributed by atoms with Gasteiger partial charge in [-0.1, -0.05) is 30.2 Å². The Morgan fingerprint density at radius 1 is 1.19 bits per heavy atom. The molecule has 1 fully saturated rings. The Morgan fingerprint density at radius 2 is 2.00 bits per heavy atom. The summed E-state index contributed by atoms with van der Waals surface area (Å²) >= 11 is 2.70. The van der Waals surface area contributed by atoms with Crippen LogP contribution in [0, 0.1) is 5.92 Å². The quantitative estimate of drug-likeness (QED) is 0.351. The van der Waals surface area contributed by atoms with E-state index in [2.05, 4.69) is 25.6 Å². The largest absolute Gasteiger partial charge is 0.481 e. The van der Waals surface area contributed by atoms with Gasteiger partial charge in [0.05, 0.1) is 22.5 Å². The maximum absolute atomic E-state index is 13.1. The number of carbonyl (C=O) groups is 3. The van der Waals surface area contributed by atoms with Gasteiger partial charge in [-0.25, -0.2) is 14.8 Å². The van der Waals surface area contributed by atoms with Crippen molar-refractivity contribution in [2.24, 2.45) is 5.92 Å². The second-order valence-corrected chi connectivity index (χ2v) is 9.68. The molecule has 1 aromatic carbocycles. The number of amides is 2. The van der Waals surface area contributed by atoms with Gasteiger partial charge in [0.2, 0.25) is 0 Å². The van der Waals surface area contributed by atoms with E-state index < -0.39 is 12.0 Å². The highest BCUT2D eigenvalue weighted by molar-refractivity contribution is 8.01. The van der Waals surface area contributed by atoms with Crippen LogP contribution in [0.25, 0.3) is 0 Å². The topological polar surface area (TPSA) is 137 Å². The number of thiazole rings is 1. The van der Waals surface area contributed by atoms with Crippen LogP contribution in [0.5, 0.6) is 0 Å². The molecule has 4 rings (SSSR count). The summed E-state index contributed by atoms with van der Waals surface area (Å²) in [5, 5.41) is 15.6. The number of Topliss-reactive ketones (excluding diaryl/α,β-unsaturated/α-hetero) is 1. The number of ketones is 1. The molecule has 2 heterocycles. The van der Waals surface area contributed by atoms with Crippen LogP contribution in [0.1, 0.15) is 41.6 Å². The number of hydrogen-bond acceptors (Lipinski definition) is 7. The van der Waals surface area contributed by atoms with Gasteiger partial charge in [-0.15, -0.1) is 0 Å². The van der Waals surface area contributed by atoms with Crippen molar-refractivity contribution >= 4 is 51.7 Å². The summed E-state index contributed by atoms with van der Waals surface area (Å²) in [5.41, 5.74) is 1.22. The number of H-pyrrole nitrogens is 1. The van der Waals surface area contributed by atoms with Gasteiger partial charge in [0.25, 0.3) is 0 Å². The van der Waals surface area contributed by atoms with Crippen LogP contribution in [0.15, 0.2) is 46.2 Å². The molecule has 32 heavy (non-hydrogen) atoms. The van der Waals surface area contributed by atoms with Crippen molar-refractivity contribution in [2.75, 3.05) is 10.6 Å². The van der Waals surface area contributed by atoms with Gasteiger partial charge in [-0.05, 0) is 42.3 Å². The van der Waals surface area contributed by atoms with Gasteiger partial charge in [-0.3, -0.25) is 14.9 Å². The normalized spacial score (nSPS) is 13.8. The molecular formula is C21H21N5O4S2. The molecule has 1 aliphatic rings. The molecular weight excluding hydrogens is 450 g/mol. The van der Waals surface area contributed by atoms with E-state index in [0.29, 0.717) is 21.9 Å². The zero-order chi connectivity index (χ0) is 22.5. The number of rotatable bonds is 8. The van der Waals surface area contributed by atoms with Crippen LogP contribution < -0.4 is 10.6 Å². The molecule has 166 valence electrons. The average Bonchev–Trinajstić information content (AvgIpc) is 3.52. The van der Waals surface area contributed by atoms with Gasteiger partial charge < -0.3 is 15.4 Å². The van der Waals surface area contributed by atoms with Gasteiger partial charge in [0.15, 0.2) is 16.1 Å². The van der Waals surface area contributed by atoms with Crippen LogP contribution in [0.2, 0.25) is 0 Å². The third-order valence-electron chi connectivity index (χ3n) is 5.05. The summed E-state index contributed by atoms with van der Waals surface area (Å²) < 4.78 is 0.852. The fraction of sp³-hybridized carbons (Fsp3) is 0.286. The van der Waals surface area contributed by atoms with Crippen molar-refractivity contribution in [2.45, 2.75) is 41.5 Å². The summed E-state index contributed by atoms with van der Waals surface area (Å²) in [6.45, 7) is 0. The van der Waals surface area contributed by atoms with Crippen molar-refractivity contribution < 1.29 is 19.5 Å². The Labute approximate surface area is 192 Å². The summed E-state index contributed by atoms with van der Waals surface area (Å²) in [4.78, 5) is 48.1. The number of urea groups is 1. The lowest BCUT2D eigenvalue weighted by Gasteiger charge is -2.15. The first-order chi connectivity index (χ1) is 15.5. The molecule has 0 unspecified atom stereocenters. The number of aromatic nitrogens is 3. The minimum Gasteiger partial charge on any atom is -0.481 e. The van der Waals surface area contributed by atoms with E-state index in [0.717, 1.165) is 35.0 Å². The third kappa shape index (κ3) is 5.54. The van der Waals surface area contributed by atoms with Crippen molar-refractivity contribution in [1.29, 1.82) is 0 Å². The molecule has 0 radical (unpaired) electrons. The second kappa shape index (κ2) is 9.96. The number of nitrogens with zero attached hydrogens (tertiary/aromatic N) is 2. The molecule has 11 heteroatoms. The first-order valence-electron chi connectivity index (χ1n) is 10.1. The number of carbonyl (C=O) groups excluding carboxylic acids is 2. The van der Waals surface area contributed by atoms with Crippen molar-refractivity contribution in [3.05, 3.63) is 47.9 Å². The summed E-state index contributed by atoms with van der Waals surface area (Å²) in [5.74, 6) is -1.13. The zero-order valence-corrected chi connectivity index (χ0v) is 18.6. The van der Waals surface area contributed by atoms with Gasteiger partial charge in [0, 0.05) is 23.9 Å². The predicted octanol–water partition coefficient (Wildman–Crippen LogP) is 4.66. The van der Waals surface area contributed by atoms with Crippen molar-refractivity contribution in [1.82, 2.24) is 15.0 Å². The fourth-order valence-corrected chi connectivity index (χ4v) is 5.34. The highest BCUT2D eigenvalue weighted by Crippen LogP contribution is 2.33. The maximum atomic E-state index is 13.1. The van der Waals surface area contributed by atoms with E-state index in [1.54, 1.807) is 36.8 Å². The Morgan fingerprint density at radius 3 is 2.72 bits per heavy atom. The average molecular weight is 472 g/mol. The van der Waals surface area contributed by atoms with Gasteiger partial charge >= 0.3 is 12.0 Å². The smallest absolute Gasteiger partial charge is 0.325 e. The maximum Gasteiger partial charge on any atom is 0.325 e. The highest BCUT2D eigenvalue weighted by Gasteiger charge is 2.26. The molecule has 0 aliphatic heterocycles. The van der Waals surface area contributed by atoms with Crippen LogP contribution in [0.4, 0.5) is 15.6 Å². The first-order valence-corrected chi connectivity index (χ1v) is 11.7. The van der Waals surface area contributed by atoms with Gasteiger partial charge in [0.1, 0.15) is 0 Å². The number of hydrogen-bond donors (Lipinski definition) is 4. The standard InChI is InChI=1S/C21H21N5O4S2/c27-16(28)10-12-5-6-15(14(9-12)18(29)13-3-1-2-4-13)25-19(30)26-21-24-11-17(32-21)31-20-22-7-8-23-20/h5-9,11,13H,1-4,10H2,(H,22,23)(H,27,28)(H2,24,25,26,30). The molecule has 3 aromatic rings. The Kier molecular flexibility index (Phi) is 6.86. The predicted molar refractivity (Wildman–Crippen MR) is 122 cm³/mol. The number of aliphatic carboxylic acids is 1. The Bertz CT molecular complexity index is 1120. The van der Waals surface area contributed by atoms with Crippen LogP contribution in [-0.4, -0.2) is 37.8 Å². The van der Waals surface area contributed by atoms with Crippen molar-refractivity contribution in [3.8, 4) is 0 Å². The minimum atomic E-state index is -0.977. The van der Waals surface area contributed by atoms with Crippen LogP contribution >= 0.6 is 23.1 Å². The van der Waals surface area contributed by atoms with E-state index in [-0.39, 0.29) is 18.1 Å². The van der Waals surface area contributed by atoms with E-state index >= 15 is 0 Å². The number of carboxylic acid groups (broad SMARTS) is 1. The summed E-state index contributed by atoms with van der Waals surface area (Å²) in [7, 11) is 0. The molecule has 0 atom stereocenters. The lowest BCUT2D eigenvalue weighted by atomic mass is 9.93. The first kappa shape index (κ1) is 22.0. The lowest BCUT2D eigenvalue weighted by Crippen LogP contribution is -2.22. The molecule has 0 bridgehead atoms. The monoisotopic (exact) mass is 471 g/mol. The molecule has 2 amide bonds. The van der Waals surface area contributed by atoms with E-state index in [1.165, 1.54) is 23.1 Å². The SMILES string of the molecule is O=C(O)Cc1ccc(NC(=O)Nc2ncc(Sc3ncc[nH]3)s2)c(C(=O)C2CCCC2)c1. The van der Waals surface area contributed by atoms with Crippen LogP contribution in [-0.2, 0) is 11.2 Å². The number of anilines is 2. The third-order valence-corrected chi connectivity index (χ3v) is 6.98. The van der Waals surface area contributed by atoms with E-state index in [4.69, 9.17) is 5.11 Å². The van der Waals surface area contributed by atoms with Gasteiger partial charge in [-0.2, -0.15) is 0 Å². The molecule has 1 saturated carbocycles. The molecule has 2 aromatic heterocycles. The number of imidazole rings is 1. The van der Waals surface area contributed by atoms with Crippen LogP contribution in [0.3, 0.4) is 0 Å². The highest BCUT2D eigenvalue weighted by atomic mass is 32.2. The van der Waals surface area contributed by atoms with Crippen molar-refractivity contribution in [3.63, 3.8) is 0 Å². The molecule has 0 spiro atoms. The number of benzene rings is 1. The summed E-state index contributed by atoms with van der Waals surface area (Å²) in [6, 6.07) is 4.24. The summed E-state index contributed by atoms with van der Waals surface area (Å²) in [6.07, 6.45) is 8.44. The Balaban J connectivity index is 1.47. The second-order valence-electron chi connectivity index (χ2n) is 7.36. The zero-order valence-electron chi connectivity index (χ0n) is 17.0. The lowest BCUT2D eigenvalue weighted by molar-refractivity contribution is -0.136.